The first kappa shape index (κ1) is 28.7. The second-order valence-corrected chi connectivity index (χ2v) is 12.2. The molecule has 1 aliphatic heterocycles. The molecule has 4 rings (SSSR count). The average Bonchev–Trinajstić information content (AvgIpc) is 3.39. The molecule has 1 N–H and O–H groups in total. The molecule has 2 aliphatic rings. The summed E-state index contributed by atoms with van der Waals surface area (Å²) in [5.41, 5.74) is 1.54. The standard InChI is InChI=1S/C29H39N3O6S/c1-22(29(34)30-24-12-7-4-8-13-24)31(19-17-23-10-5-3-6-11-23)28(33)14-9-18-32(39(2,35)36)25-15-16-26-27(20-25)38-21-37-26/h3,5-6,10-11,15-16,20,22,24H,4,7-9,12-14,17-19,21H2,1-2H3,(H,30,34)/t22-/m1/s1. The molecule has 9 nitrogen and oxygen atoms in total. The highest BCUT2D eigenvalue weighted by Gasteiger charge is 2.28. The van der Waals surface area contributed by atoms with Crippen molar-refractivity contribution in [3.05, 3.63) is 54.1 Å². The van der Waals surface area contributed by atoms with E-state index in [1.54, 1.807) is 30.0 Å². The Balaban J connectivity index is 1.41. The van der Waals surface area contributed by atoms with Gasteiger partial charge in [0.25, 0.3) is 0 Å². The number of ether oxygens (including phenoxy) is 2. The third-order valence-corrected chi connectivity index (χ3v) is 8.59. The number of sulfonamides is 1. The van der Waals surface area contributed by atoms with E-state index < -0.39 is 16.1 Å². The monoisotopic (exact) mass is 557 g/mol. The molecule has 1 aliphatic carbocycles. The van der Waals surface area contributed by atoms with Crippen molar-refractivity contribution in [3.63, 3.8) is 0 Å². The molecule has 0 spiro atoms. The summed E-state index contributed by atoms with van der Waals surface area (Å²) in [7, 11) is -3.60. The Kier molecular flexibility index (Phi) is 9.72. The van der Waals surface area contributed by atoms with Crippen LogP contribution in [0.25, 0.3) is 0 Å². The van der Waals surface area contributed by atoms with Crippen LogP contribution in [0.3, 0.4) is 0 Å². The molecule has 1 heterocycles. The summed E-state index contributed by atoms with van der Waals surface area (Å²) in [6, 6.07) is 14.4. The number of benzene rings is 2. The number of hydrogen-bond acceptors (Lipinski definition) is 6. The van der Waals surface area contributed by atoms with Gasteiger partial charge in [0.15, 0.2) is 11.5 Å². The average molecular weight is 558 g/mol. The van der Waals surface area contributed by atoms with E-state index in [-0.39, 0.29) is 37.6 Å². The van der Waals surface area contributed by atoms with E-state index in [0.29, 0.717) is 36.6 Å². The molecule has 10 heteroatoms. The first-order valence-corrected chi connectivity index (χ1v) is 15.6. The van der Waals surface area contributed by atoms with E-state index in [1.165, 1.54) is 10.7 Å². The van der Waals surface area contributed by atoms with Gasteiger partial charge in [0.2, 0.25) is 28.6 Å². The zero-order valence-corrected chi connectivity index (χ0v) is 23.6. The van der Waals surface area contributed by atoms with Crippen LogP contribution in [0.1, 0.15) is 57.4 Å². The molecular weight excluding hydrogens is 518 g/mol. The van der Waals surface area contributed by atoms with Crippen LogP contribution in [0, 0.1) is 0 Å². The lowest BCUT2D eigenvalue weighted by Crippen LogP contribution is -2.51. The topological polar surface area (TPSA) is 105 Å². The lowest BCUT2D eigenvalue weighted by atomic mass is 9.95. The number of fused-ring (bicyclic) bond motifs is 1. The number of anilines is 1. The molecule has 0 saturated heterocycles. The van der Waals surface area contributed by atoms with Gasteiger partial charge >= 0.3 is 0 Å². The normalized spacial score (nSPS) is 15.9. The summed E-state index contributed by atoms with van der Waals surface area (Å²) in [5.74, 6) is 0.747. The highest BCUT2D eigenvalue weighted by Crippen LogP contribution is 2.36. The molecular formula is C29H39N3O6S. The van der Waals surface area contributed by atoms with Crippen LogP contribution in [0.2, 0.25) is 0 Å². The van der Waals surface area contributed by atoms with E-state index in [2.05, 4.69) is 5.32 Å². The van der Waals surface area contributed by atoms with Gasteiger partial charge in [-0.1, -0.05) is 49.6 Å². The molecule has 2 aromatic rings. The van der Waals surface area contributed by atoms with Gasteiger partial charge in [-0.15, -0.1) is 0 Å². The van der Waals surface area contributed by atoms with Gasteiger partial charge in [0, 0.05) is 31.6 Å². The minimum atomic E-state index is -3.60. The van der Waals surface area contributed by atoms with Crippen molar-refractivity contribution in [1.29, 1.82) is 0 Å². The molecule has 1 fully saturated rings. The number of carbonyl (C=O) groups excluding carboxylic acids is 2. The summed E-state index contributed by atoms with van der Waals surface area (Å²) in [4.78, 5) is 28.2. The molecule has 0 radical (unpaired) electrons. The summed E-state index contributed by atoms with van der Waals surface area (Å²) >= 11 is 0. The first-order chi connectivity index (χ1) is 18.7. The van der Waals surface area contributed by atoms with Crippen molar-refractivity contribution in [2.45, 2.75) is 70.4 Å². The van der Waals surface area contributed by atoms with Crippen LogP contribution in [0.5, 0.6) is 11.5 Å². The third kappa shape index (κ3) is 7.88. The molecule has 1 saturated carbocycles. The van der Waals surface area contributed by atoms with E-state index >= 15 is 0 Å². The van der Waals surface area contributed by atoms with Gasteiger partial charge in [-0.2, -0.15) is 0 Å². The zero-order valence-electron chi connectivity index (χ0n) is 22.8. The number of rotatable bonds is 12. The maximum Gasteiger partial charge on any atom is 0.242 e. The molecule has 0 aromatic heterocycles. The zero-order chi connectivity index (χ0) is 27.8. The van der Waals surface area contributed by atoms with Crippen LogP contribution in [-0.2, 0) is 26.0 Å². The second kappa shape index (κ2) is 13.2. The number of carbonyl (C=O) groups is 2. The number of hydrogen-bond donors (Lipinski definition) is 1. The van der Waals surface area contributed by atoms with Crippen molar-refractivity contribution < 1.29 is 27.5 Å². The fourth-order valence-corrected chi connectivity index (χ4v) is 6.14. The highest BCUT2D eigenvalue weighted by molar-refractivity contribution is 7.92. The quantitative estimate of drug-likeness (QED) is 0.425. The van der Waals surface area contributed by atoms with Gasteiger partial charge in [0.05, 0.1) is 11.9 Å². The third-order valence-electron chi connectivity index (χ3n) is 7.40. The highest BCUT2D eigenvalue weighted by atomic mass is 32.2. The van der Waals surface area contributed by atoms with E-state index in [1.807, 2.05) is 30.3 Å². The van der Waals surface area contributed by atoms with Crippen LogP contribution in [0.15, 0.2) is 48.5 Å². The summed E-state index contributed by atoms with van der Waals surface area (Å²) in [5, 5.41) is 3.15. The Bertz CT molecular complexity index is 1230. The van der Waals surface area contributed by atoms with Crippen LogP contribution in [0.4, 0.5) is 5.69 Å². The minimum absolute atomic E-state index is 0.0947. The minimum Gasteiger partial charge on any atom is -0.454 e. The number of nitrogens with one attached hydrogen (secondary N) is 1. The second-order valence-electron chi connectivity index (χ2n) is 10.3. The largest absolute Gasteiger partial charge is 0.454 e. The Labute approximate surface area is 231 Å². The maximum absolute atomic E-state index is 13.5. The van der Waals surface area contributed by atoms with Crippen LogP contribution >= 0.6 is 0 Å². The van der Waals surface area contributed by atoms with Crippen molar-refractivity contribution in [1.82, 2.24) is 10.2 Å². The van der Waals surface area contributed by atoms with Gasteiger partial charge in [0.1, 0.15) is 6.04 Å². The Morgan fingerprint density at radius 3 is 2.44 bits per heavy atom. The summed E-state index contributed by atoms with van der Waals surface area (Å²) in [6.07, 6.45) is 7.54. The van der Waals surface area contributed by atoms with E-state index in [0.717, 1.165) is 37.5 Å². The van der Waals surface area contributed by atoms with Gasteiger partial charge in [-0.3, -0.25) is 13.9 Å². The molecule has 1 atom stereocenters. The number of amides is 2. The van der Waals surface area contributed by atoms with Crippen molar-refractivity contribution in [2.75, 3.05) is 30.4 Å². The fraction of sp³-hybridized carbons (Fsp3) is 0.517. The lowest BCUT2D eigenvalue weighted by Gasteiger charge is -2.31. The Morgan fingerprint density at radius 1 is 1.00 bits per heavy atom. The first-order valence-electron chi connectivity index (χ1n) is 13.7. The number of nitrogens with zero attached hydrogens (tertiary/aromatic N) is 2. The van der Waals surface area contributed by atoms with E-state index in [9.17, 15) is 18.0 Å². The molecule has 212 valence electrons. The summed E-state index contributed by atoms with van der Waals surface area (Å²) in [6.45, 7) is 2.40. The van der Waals surface area contributed by atoms with E-state index in [4.69, 9.17) is 9.47 Å². The van der Waals surface area contributed by atoms with Gasteiger partial charge in [-0.05, 0) is 50.3 Å². The Morgan fingerprint density at radius 2 is 1.72 bits per heavy atom. The van der Waals surface area contributed by atoms with Gasteiger partial charge in [-0.25, -0.2) is 8.42 Å². The SMILES string of the molecule is C[C@H](C(=O)NC1CCCCC1)N(CCc1ccccc1)C(=O)CCCN(c1ccc2c(c1)OCO2)S(C)(=O)=O. The van der Waals surface area contributed by atoms with Crippen LogP contribution in [-0.4, -0.2) is 63.4 Å². The Hall–Kier alpha value is -3.27. The molecule has 0 unspecified atom stereocenters. The molecule has 39 heavy (non-hydrogen) atoms. The summed E-state index contributed by atoms with van der Waals surface area (Å²) < 4.78 is 37.2. The molecule has 2 aromatic carbocycles. The van der Waals surface area contributed by atoms with Gasteiger partial charge < -0.3 is 19.7 Å². The lowest BCUT2D eigenvalue weighted by molar-refractivity contribution is -0.140. The van der Waals surface area contributed by atoms with Crippen molar-refractivity contribution in [2.24, 2.45) is 0 Å². The maximum atomic E-state index is 13.5. The smallest absolute Gasteiger partial charge is 0.242 e. The van der Waals surface area contributed by atoms with Crippen molar-refractivity contribution >= 4 is 27.5 Å². The molecule has 2 amide bonds. The molecule has 0 bridgehead atoms. The van der Waals surface area contributed by atoms with Crippen molar-refractivity contribution in [3.8, 4) is 11.5 Å². The predicted molar refractivity (Wildman–Crippen MR) is 150 cm³/mol. The fourth-order valence-electron chi connectivity index (χ4n) is 5.18. The predicted octanol–water partition coefficient (Wildman–Crippen LogP) is 3.87. The van der Waals surface area contributed by atoms with Crippen LogP contribution < -0.4 is 19.1 Å².